The average molecular weight is 422 g/mol. The lowest BCUT2D eigenvalue weighted by molar-refractivity contribution is 0.302. The monoisotopic (exact) mass is 421 g/mol. The molecule has 0 atom stereocenters. The summed E-state index contributed by atoms with van der Waals surface area (Å²) in [5.41, 5.74) is 5.04. The molecule has 2 heterocycles. The summed E-state index contributed by atoms with van der Waals surface area (Å²) in [5, 5.41) is 8.22. The maximum Gasteiger partial charge on any atom is 0.368 e. The first-order valence-corrected chi connectivity index (χ1v) is 9.75. The molecular formula is C22H20ClN5O2. The van der Waals surface area contributed by atoms with E-state index in [-0.39, 0.29) is 5.69 Å². The van der Waals surface area contributed by atoms with Gasteiger partial charge < -0.3 is 4.74 Å². The molecule has 152 valence electrons. The third-order valence-corrected chi connectivity index (χ3v) is 5.25. The van der Waals surface area contributed by atoms with Crippen LogP contribution in [0.15, 0.2) is 59.5 Å². The molecule has 0 saturated carbocycles. The Morgan fingerprint density at radius 2 is 1.87 bits per heavy atom. The van der Waals surface area contributed by atoms with Crippen molar-refractivity contribution in [2.24, 2.45) is 7.05 Å². The molecule has 0 aliphatic carbocycles. The normalized spacial score (nSPS) is 10.9. The minimum absolute atomic E-state index is 0.291. The summed E-state index contributed by atoms with van der Waals surface area (Å²) in [4.78, 5) is 16.4. The molecule has 2 aromatic carbocycles. The molecule has 0 fully saturated rings. The van der Waals surface area contributed by atoms with Crippen molar-refractivity contribution in [1.82, 2.24) is 24.8 Å². The van der Waals surface area contributed by atoms with E-state index in [0.29, 0.717) is 17.4 Å². The van der Waals surface area contributed by atoms with Gasteiger partial charge in [0.05, 0.1) is 5.69 Å². The number of halogens is 1. The molecule has 0 saturated heterocycles. The van der Waals surface area contributed by atoms with Crippen molar-refractivity contribution >= 4 is 11.6 Å². The first-order chi connectivity index (χ1) is 14.5. The molecule has 2 aromatic heterocycles. The largest absolute Gasteiger partial charge is 0.489 e. The van der Waals surface area contributed by atoms with Crippen LogP contribution < -0.4 is 10.4 Å². The third-order valence-electron chi connectivity index (χ3n) is 4.95. The predicted octanol–water partition coefficient (Wildman–Crippen LogP) is 3.88. The van der Waals surface area contributed by atoms with Crippen molar-refractivity contribution in [2.75, 3.05) is 0 Å². The van der Waals surface area contributed by atoms with Crippen molar-refractivity contribution in [1.29, 1.82) is 0 Å². The van der Waals surface area contributed by atoms with Gasteiger partial charge >= 0.3 is 5.69 Å². The van der Waals surface area contributed by atoms with Crippen LogP contribution in [0.25, 0.3) is 16.8 Å². The van der Waals surface area contributed by atoms with Crippen LogP contribution in [0.1, 0.15) is 16.7 Å². The summed E-state index contributed by atoms with van der Waals surface area (Å²) in [7, 11) is 1.57. The van der Waals surface area contributed by atoms with Crippen molar-refractivity contribution in [3.63, 3.8) is 0 Å². The second kappa shape index (κ2) is 8.12. The SMILES string of the molecule is Cc1cc(-c2cccnc2Cl)ccc1OCc1c(C)cccc1-n1nnn(C)c1=O. The maximum atomic E-state index is 12.3. The summed E-state index contributed by atoms with van der Waals surface area (Å²) in [6.45, 7) is 4.25. The van der Waals surface area contributed by atoms with E-state index in [2.05, 4.69) is 15.4 Å². The number of hydrogen-bond acceptors (Lipinski definition) is 5. The second-order valence-electron chi connectivity index (χ2n) is 6.98. The number of tetrazole rings is 1. The summed E-state index contributed by atoms with van der Waals surface area (Å²) < 4.78 is 8.59. The highest BCUT2D eigenvalue weighted by molar-refractivity contribution is 6.32. The van der Waals surface area contributed by atoms with Gasteiger partial charge in [0.2, 0.25) is 0 Å². The van der Waals surface area contributed by atoms with Gasteiger partial charge in [-0.1, -0.05) is 29.8 Å². The molecule has 0 unspecified atom stereocenters. The summed E-state index contributed by atoms with van der Waals surface area (Å²) >= 11 is 6.22. The smallest absolute Gasteiger partial charge is 0.368 e. The highest BCUT2D eigenvalue weighted by atomic mass is 35.5. The molecule has 0 amide bonds. The van der Waals surface area contributed by atoms with Gasteiger partial charge in [0.15, 0.2) is 0 Å². The number of hydrogen-bond donors (Lipinski definition) is 0. The Kier molecular flexibility index (Phi) is 5.37. The van der Waals surface area contributed by atoms with Crippen LogP contribution in [0.3, 0.4) is 0 Å². The highest BCUT2D eigenvalue weighted by Crippen LogP contribution is 2.30. The number of aromatic nitrogens is 5. The van der Waals surface area contributed by atoms with E-state index >= 15 is 0 Å². The third kappa shape index (κ3) is 3.71. The Labute approximate surface area is 178 Å². The van der Waals surface area contributed by atoms with E-state index in [1.165, 1.54) is 9.36 Å². The van der Waals surface area contributed by atoms with E-state index < -0.39 is 0 Å². The van der Waals surface area contributed by atoms with E-state index in [4.69, 9.17) is 16.3 Å². The van der Waals surface area contributed by atoms with Crippen molar-refractivity contribution < 1.29 is 4.74 Å². The van der Waals surface area contributed by atoms with Crippen LogP contribution in [0.2, 0.25) is 5.15 Å². The molecule has 7 nitrogen and oxygen atoms in total. The first kappa shape index (κ1) is 19.8. The Morgan fingerprint density at radius 1 is 1.03 bits per heavy atom. The zero-order valence-electron chi connectivity index (χ0n) is 16.8. The van der Waals surface area contributed by atoms with Gasteiger partial charge in [0, 0.05) is 24.4 Å². The molecule has 0 radical (unpaired) electrons. The number of ether oxygens (including phenoxy) is 1. The van der Waals surface area contributed by atoms with E-state index in [1.54, 1.807) is 13.2 Å². The molecule has 8 heteroatoms. The minimum Gasteiger partial charge on any atom is -0.489 e. The summed E-state index contributed by atoms with van der Waals surface area (Å²) in [6.07, 6.45) is 1.67. The number of nitrogens with zero attached hydrogens (tertiary/aromatic N) is 5. The van der Waals surface area contributed by atoms with Gasteiger partial charge in [0.25, 0.3) is 0 Å². The lowest BCUT2D eigenvalue weighted by Crippen LogP contribution is -2.23. The van der Waals surface area contributed by atoms with Crippen LogP contribution in [-0.4, -0.2) is 24.8 Å². The molecule has 0 bridgehead atoms. The predicted molar refractivity (Wildman–Crippen MR) is 115 cm³/mol. The fourth-order valence-electron chi connectivity index (χ4n) is 3.27. The van der Waals surface area contributed by atoms with Crippen LogP contribution in [0.4, 0.5) is 0 Å². The lowest BCUT2D eigenvalue weighted by Gasteiger charge is -2.15. The molecule has 0 spiro atoms. The molecule has 4 aromatic rings. The Hall–Kier alpha value is -3.45. The molecule has 4 rings (SSSR count). The van der Waals surface area contributed by atoms with Gasteiger partial charge in [0.1, 0.15) is 17.5 Å². The zero-order valence-corrected chi connectivity index (χ0v) is 17.6. The van der Waals surface area contributed by atoms with Gasteiger partial charge in [-0.15, -0.1) is 0 Å². The maximum absolute atomic E-state index is 12.3. The minimum atomic E-state index is -0.310. The van der Waals surface area contributed by atoms with Crippen molar-refractivity contribution in [2.45, 2.75) is 20.5 Å². The van der Waals surface area contributed by atoms with Crippen molar-refractivity contribution in [3.05, 3.63) is 87.1 Å². The first-order valence-electron chi connectivity index (χ1n) is 9.38. The number of benzene rings is 2. The topological polar surface area (TPSA) is 74.8 Å². The molecule has 30 heavy (non-hydrogen) atoms. The Balaban J connectivity index is 1.62. The van der Waals surface area contributed by atoms with Gasteiger partial charge in [-0.2, -0.15) is 9.36 Å². The van der Waals surface area contributed by atoms with E-state index in [1.807, 2.05) is 62.4 Å². The molecule has 0 aliphatic rings. The fraction of sp³-hybridized carbons (Fsp3) is 0.182. The lowest BCUT2D eigenvalue weighted by atomic mass is 10.0. The number of pyridine rings is 1. The molecule has 0 N–H and O–H groups in total. The Bertz CT molecular complexity index is 1280. The second-order valence-corrected chi connectivity index (χ2v) is 7.34. The van der Waals surface area contributed by atoms with E-state index in [9.17, 15) is 4.79 Å². The zero-order chi connectivity index (χ0) is 21.3. The van der Waals surface area contributed by atoms with Crippen LogP contribution in [0, 0.1) is 13.8 Å². The average Bonchev–Trinajstić information content (AvgIpc) is 3.06. The molecular weight excluding hydrogens is 402 g/mol. The van der Waals surface area contributed by atoms with Gasteiger partial charge in [-0.05, 0) is 71.3 Å². The standard InChI is InChI=1S/C22H20ClN5O2/c1-14-6-4-8-19(28-22(29)27(3)25-26-28)18(14)13-30-20-10-9-16(12-15(20)2)17-7-5-11-24-21(17)23/h4-12H,13H2,1-3H3. The Morgan fingerprint density at radius 3 is 2.57 bits per heavy atom. The van der Waals surface area contributed by atoms with E-state index in [0.717, 1.165) is 33.6 Å². The van der Waals surface area contributed by atoms with Crippen LogP contribution in [-0.2, 0) is 13.7 Å². The van der Waals surface area contributed by atoms with Crippen LogP contribution >= 0.6 is 11.6 Å². The quantitative estimate of drug-likeness (QED) is 0.457. The summed E-state index contributed by atoms with van der Waals surface area (Å²) in [6, 6.07) is 15.4. The molecule has 0 aliphatic heterocycles. The fourth-order valence-corrected chi connectivity index (χ4v) is 3.50. The highest BCUT2D eigenvalue weighted by Gasteiger charge is 2.14. The van der Waals surface area contributed by atoms with Crippen LogP contribution in [0.5, 0.6) is 5.75 Å². The van der Waals surface area contributed by atoms with Gasteiger partial charge in [-0.3, -0.25) is 0 Å². The number of aryl methyl sites for hydroxylation is 3. The van der Waals surface area contributed by atoms with Gasteiger partial charge in [-0.25, -0.2) is 9.78 Å². The van der Waals surface area contributed by atoms with Crippen molar-refractivity contribution in [3.8, 4) is 22.6 Å². The number of rotatable bonds is 5. The summed E-state index contributed by atoms with van der Waals surface area (Å²) in [5.74, 6) is 0.749.